The average Bonchev–Trinajstić information content (AvgIpc) is 3.31. The number of thiophene rings is 1. The molecule has 13 heteroatoms. The molecule has 1 fully saturated rings. The molecule has 3 aliphatic rings. The largest absolute Gasteiger partial charge is 0.513 e. The molecule has 1 saturated heterocycles. The highest BCUT2D eigenvalue weighted by atomic mass is 32.2. The second-order valence-corrected chi connectivity index (χ2v) is 10.4. The Kier molecular flexibility index (Phi) is 5.92. The summed E-state index contributed by atoms with van der Waals surface area (Å²) in [7, 11) is 1.09. The molecule has 2 atom stereocenters. The lowest BCUT2D eigenvalue weighted by molar-refractivity contribution is -0.0197. The number of morpholine rings is 1. The molecule has 0 radical (unpaired) electrons. The molecule has 1 amide bonds. The summed E-state index contributed by atoms with van der Waals surface area (Å²) in [4.78, 5) is 41.7. The minimum atomic E-state index is -1.15. The minimum absolute atomic E-state index is 0.133. The van der Waals surface area contributed by atoms with Gasteiger partial charge in [0.05, 0.1) is 20.3 Å². The Morgan fingerprint density at radius 1 is 1.19 bits per heavy atom. The van der Waals surface area contributed by atoms with E-state index in [1.165, 1.54) is 44.9 Å². The van der Waals surface area contributed by atoms with Crippen molar-refractivity contribution in [3.8, 4) is 5.75 Å². The molecule has 3 aromatic rings. The quantitative estimate of drug-likeness (QED) is 0.451. The fourth-order valence-electron chi connectivity index (χ4n) is 4.94. The number of methoxy groups -OCH3 is 1. The van der Waals surface area contributed by atoms with Crippen LogP contribution in [0, 0.1) is 11.6 Å². The van der Waals surface area contributed by atoms with Crippen LogP contribution in [0.25, 0.3) is 0 Å². The summed E-state index contributed by atoms with van der Waals surface area (Å²) in [6, 6.07) is 5.05. The van der Waals surface area contributed by atoms with Gasteiger partial charge in [0.25, 0.3) is 5.91 Å². The third kappa shape index (κ3) is 3.71. The van der Waals surface area contributed by atoms with Gasteiger partial charge in [-0.15, -0.1) is 23.1 Å². The van der Waals surface area contributed by atoms with E-state index >= 15 is 4.39 Å². The van der Waals surface area contributed by atoms with E-state index in [1.54, 1.807) is 11.1 Å². The number of amides is 1. The maximum atomic E-state index is 15.1. The van der Waals surface area contributed by atoms with E-state index < -0.39 is 47.1 Å². The zero-order valence-electron chi connectivity index (χ0n) is 19.3. The molecule has 0 bridgehead atoms. The van der Waals surface area contributed by atoms with Crippen LogP contribution in [0.1, 0.15) is 32.5 Å². The second-order valence-electron chi connectivity index (χ2n) is 8.46. The molecule has 0 aliphatic carbocycles. The highest BCUT2D eigenvalue weighted by Gasteiger charge is 2.47. The van der Waals surface area contributed by atoms with Crippen LogP contribution in [-0.2, 0) is 15.2 Å². The molecule has 5 heterocycles. The molecule has 192 valence electrons. The molecule has 9 nitrogen and oxygen atoms in total. The molecule has 6 rings (SSSR count). The normalized spacial score (nSPS) is 20.4. The van der Waals surface area contributed by atoms with Gasteiger partial charge in [0.1, 0.15) is 12.2 Å². The van der Waals surface area contributed by atoms with Gasteiger partial charge < -0.3 is 19.1 Å². The van der Waals surface area contributed by atoms with Gasteiger partial charge in [0.2, 0.25) is 11.2 Å². The number of rotatable bonds is 2. The third-order valence-electron chi connectivity index (χ3n) is 6.58. The van der Waals surface area contributed by atoms with Crippen molar-refractivity contribution in [2.75, 3.05) is 31.9 Å². The topological polar surface area (TPSA) is 90.3 Å². The Bertz CT molecular complexity index is 1490. The lowest BCUT2D eigenvalue weighted by Crippen LogP contribution is -2.66. The van der Waals surface area contributed by atoms with Gasteiger partial charge in [-0.2, -0.15) is 0 Å². The van der Waals surface area contributed by atoms with E-state index in [0.29, 0.717) is 5.56 Å². The molecule has 0 spiro atoms. The Balaban J connectivity index is 1.64. The van der Waals surface area contributed by atoms with Crippen molar-refractivity contribution in [2.24, 2.45) is 0 Å². The zero-order chi connectivity index (χ0) is 25.8. The number of fused-ring (bicyclic) bond motifs is 4. The molecule has 2 aromatic heterocycles. The monoisotopic (exact) mass is 547 g/mol. The number of aromatic nitrogens is 1. The van der Waals surface area contributed by atoms with Crippen LogP contribution in [-0.4, -0.2) is 54.7 Å². The van der Waals surface area contributed by atoms with Crippen molar-refractivity contribution in [3.05, 3.63) is 79.4 Å². The SMILES string of the molecule is COC(=O)Oc1c2n(ccc1=O)N([C@H]1c3ccc(F)c(F)c3CSc3ccsc31)[C@@H]1COCCN1C2=O. The van der Waals surface area contributed by atoms with Crippen molar-refractivity contribution in [1.82, 2.24) is 9.58 Å². The van der Waals surface area contributed by atoms with Crippen molar-refractivity contribution >= 4 is 35.2 Å². The summed E-state index contributed by atoms with van der Waals surface area (Å²) in [6.45, 7) is 0.611. The van der Waals surface area contributed by atoms with Crippen LogP contribution in [0.15, 0.2) is 45.5 Å². The molecule has 3 aliphatic heterocycles. The number of carbonyl (C=O) groups is 2. The van der Waals surface area contributed by atoms with E-state index in [1.807, 2.05) is 11.4 Å². The zero-order valence-corrected chi connectivity index (χ0v) is 20.9. The van der Waals surface area contributed by atoms with Crippen LogP contribution >= 0.6 is 23.1 Å². The molecule has 0 N–H and O–H groups in total. The lowest BCUT2D eigenvalue weighted by atomic mass is 9.97. The number of pyridine rings is 1. The first-order chi connectivity index (χ1) is 17.9. The maximum absolute atomic E-state index is 15.1. The first-order valence-corrected chi connectivity index (χ1v) is 13.1. The highest BCUT2D eigenvalue weighted by molar-refractivity contribution is 7.98. The summed E-state index contributed by atoms with van der Waals surface area (Å²) in [5, 5.41) is 3.72. The van der Waals surface area contributed by atoms with Gasteiger partial charge >= 0.3 is 6.16 Å². The first kappa shape index (κ1) is 23.9. The predicted molar refractivity (Wildman–Crippen MR) is 130 cm³/mol. The summed E-state index contributed by atoms with van der Waals surface area (Å²) >= 11 is 2.85. The van der Waals surface area contributed by atoms with Crippen LogP contribution in [0.4, 0.5) is 13.6 Å². The Labute approximate surface area is 217 Å². The Morgan fingerprint density at radius 2 is 2.03 bits per heavy atom. The van der Waals surface area contributed by atoms with Gasteiger partial charge in [-0.05, 0) is 23.1 Å². The van der Waals surface area contributed by atoms with Crippen LogP contribution in [0.2, 0.25) is 0 Å². The molecular weight excluding hydrogens is 528 g/mol. The van der Waals surface area contributed by atoms with Gasteiger partial charge in [-0.1, -0.05) is 6.07 Å². The molecular formula is C24H19F2N3O6S2. The number of carbonyl (C=O) groups excluding carboxylic acids is 2. The van der Waals surface area contributed by atoms with Gasteiger partial charge in [0.15, 0.2) is 17.3 Å². The van der Waals surface area contributed by atoms with Crippen LogP contribution in [0.3, 0.4) is 0 Å². The average molecular weight is 548 g/mol. The standard InChI is InChI=1S/C24H19F2N3O6S2/c1-33-24(32)35-21-15(30)4-6-28-20(21)23(31)27-7-8-34-10-17(27)29(28)19-12-2-3-14(25)18(26)13(12)11-37-16-5-9-36-22(16)19/h2-6,9,17,19H,7-8,10-11H2,1H3/t17-,19+/m1/s1. The van der Waals surface area contributed by atoms with E-state index in [0.717, 1.165) is 22.9 Å². The number of thioether (sulfide) groups is 1. The van der Waals surface area contributed by atoms with E-state index in [-0.39, 0.29) is 36.8 Å². The number of hydrogen-bond donors (Lipinski definition) is 0. The summed E-state index contributed by atoms with van der Waals surface area (Å²) in [6.07, 6.45) is -0.383. The van der Waals surface area contributed by atoms with Crippen LogP contribution < -0.4 is 15.2 Å². The van der Waals surface area contributed by atoms with Crippen molar-refractivity contribution in [3.63, 3.8) is 0 Å². The predicted octanol–water partition coefficient (Wildman–Crippen LogP) is 3.48. The lowest BCUT2D eigenvalue weighted by Gasteiger charge is -2.51. The number of ether oxygens (including phenoxy) is 3. The van der Waals surface area contributed by atoms with Gasteiger partial charge in [-0.25, -0.2) is 13.6 Å². The number of halogens is 2. The van der Waals surface area contributed by atoms with Crippen molar-refractivity contribution in [1.29, 1.82) is 0 Å². The Morgan fingerprint density at radius 3 is 2.84 bits per heavy atom. The minimum Gasteiger partial charge on any atom is -0.437 e. The van der Waals surface area contributed by atoms with Crippen molar-refractivity contribution < 1.29 is 32.6 Å². The molecule has 1 aromatic carbocycles. The van der Waals surface area contributed by atoms with Crippen molar-refractivity contribution in [2.45, 2.75) is 22.9 Å². The van der Waals surface area contributed by atoms with Crippen LogP contribution in [0.5, 0.6) is 5.75 Å². The highest BCUT2D eigenvalue weighted by Crippen LogP contribution is 2.47. The fourth-order valence-corrected chi connectivity index (χ4v) is 7.25. The van der Waals surface area contributed by atoms with E-state index in [2.05, 4.69) is 4.74 Å². The summed E-state index contributed by atoms with van der Waals surface area (Å²) < 4.78 is 46.3. The summed E-state index contributed by atoms with van der Waals surface area (Å²) in [5.74, 6) is -2.66. The number of nitrogens with zero attached hydrogens (tertiary/aromatic N) is 3. The smallest absolute Gasteiger partial charge is 0.437 e. The molecule has 0 saturated carbocycles. The number of hydrogen-bond acceptors (Lipinski definition) is 9. The van der Waals surface area contributed by atoms with Gasteiger partial charge in [0, 0.05) is 39.9 Å². The fraction of sp³-hybridized carbons (Fsp3) is 0.292. The first-order valence-electron chi connectivity index (χ1n) is 11.3. The molecule has 0 unspecified atom stereocenters. The molecule has 37 heavy (non-hydrogen) atoms. The van der Waals surface area contributed by atoms with Gasteiger partial charge in [-0.3, -0.25) is 19.3 Å². The third-order valence-corrected chi connectivity index (χ3v) is 8.78. The number of benzene rings is 1. The van der Waals surface area contributed by atoms with E-state index in [4.69, 9.17) is 9.47 Å². The second kappa shape index (κ2) is 9.15. The summed E-state index contributed by atoms with van der Waals surface area (Å²) in [5.41, 5.74) is -0.117. The Hall–Kier alpha value is -3.42. The maximum Gasteiger partial charge on any atom is 0.513 e. The van der Waals surface area contributed by atoms with E-state index in [9.17, 15) is 18.8 Å².